The van der Waals surface area contributed by atoms with Crippen molar-refractivity contribution in [3.63, 3.8) is 0 Å². The highest BCUT2D eigenvalue weighted by molar-refractivity contribution is 5.96. The van der Waals surface area contributed by atoms with E-state index in [0.29, 0.717) is 12.1 Å². The first kappa shape index (κ1) is 18.4. The van der Waals surface area contributed by atoms with Gasteiger partial charge in [0.25, 0.3) is 17.5 Å². The number of nitrogens with one attached hydrogen (secondary N) is 1. The summed E-state index contributed by atoms with van der Waals surface area (Å²) in [6, 6.07) is 11.3. The normalized spacial score (nSPS) is 13.1. The molecule has 27 heavy (non-hydrogen) atoms. The van der Waals surface area contributed by atoms with Gasteiger partial charge in [0.05, 0.1) is 4.92 Å². The minimum atomic E-state index is -0.592. The van der Waals surface area contributed by atoms with Crippen LogP contribution in [-0.2, 0) is 6.54 Å². The molecule has 1 fully saturated rings. The fourth-order valence-electron chi connectivity index (χ4n) is 2.86. The number of rotatable bonds is 6. The smallest absolute Gasteiger partial charge is 0.292 e. The molecule has 0 aliphatic heterocycles. The predicted octanol–water partition coefficient (Wildman–Crippen LogP) is 2.34. The molecular formula is C19H20N4O4. The summed E-state index contributed by atoms with van der Waals surface area (Å²) in [5.41, 5.74) is 7.03. The third-order valence-electron chi connectivity index (χ3n) is 4.52. The molecule has 0 heterocycles. The standard InChI is InChI=1S/C19H20N4O4/c1-21-18(24)13-4-2-12(3-5-13)11-22(15-7-8-15)19(25)14-6-9-16(20)17(10-14)23(26)27/h2-6,9-10,15H,7-8,11,20H2,1H3,(H,21,24). The minimum Gasteiger partial charge on any atom is -0.393 e. The predicted molar refractivity (Wildman–Crippen MR) is 100 cm³/mol. The Bertz CT molecular complexity index is 891. The topological polar surface area (TPSA) is 119 Å². The van der Waals surface area contributed by atoms with Crippen LogP contribution in [0.4, 0.5) is 11.4 Å². The molecule has 0 aromatic heterocycles. The molecule has 0 unspecified atom stereocenters. The lowest BCUT2D eigenvalue weighted by Crippen LogP contribution is -2.32. The molecule has 2 aromatic rings. The van der Waals surface area contributed by atoms with E-state index in [-0.39, 0.29) is 34.8 Å². The highest BCUT2D eigenvalue weighted by Crippen LogP contribution is 2.31. The number of anilines is 1. The first-order valence-corrected chi connectivity index (χ1v) is 8.56. The van der Waals surface area contributed by atoms with Gasteiger partial charge in [0.2, 0.25) is 0 Å². The first-order chi connectivity index (χ1) is 12.9. The van der Waals surface area contributed by atoms with Gasteiger partial charge in [0, 0.05) is 36.8 Å². The summed E-state index contributed by atoms with van der Waals surface area (Å²) in [7, 11) is 1.57. The lowest BCUT2D eigenvalue weighted by atomic mass is 10.1. The van der Waals surface area contributed by atoms with Gasteiger partial charge in [-0.3, -0.25) is 19.7 Å². The van der Waals surface area contributed by atoms with Gasteiger partial charge in [-0.05, 0) is 42.7 Å². The summed E-state index contributed by atoms with van der Waals surface area (Å²) in [6.07, 6.45) is 1.80. The molecule has 3 N–H and O–H groups in total. The maximum atomic E-state index is 12.9. The molecule has 0 atom stereocenters. The summed E-state index contributed by atoms with van der Waals surface area (Å²) in [5, 5.41) is 13.6. The molecule has 0 radical (unpaired) electrons. The number of carbonyl (C=O) groups excluding carboxylic acids is 2. The van der Waals surface area contributed by atoms with Gasteiger partial charge in [0.15, 0.2) is 0 Å². The Morgan fingerprint density at radius 2 is 1.81 bits per heavy atom. The number of carbonyl (C=O) groups is 2. The van der Waals surface area contributed by atoms with E-state index in [1.54, 1.807) is 36.2 Å². The molecule has 1 aliphatic rings. The summed E-state index contributed by atoms with van der Waals surface area (Å²) in [5.74, 6) is -0.443. The van der Waals surface area contributed by atoms with Crippen LogP contribution in [0.25, 0.3) is 0 Å². The molecule has 1 saturated carbocycles. The van der Waals surface area contributed by atoms with E-state index in [1.807, 2.05) is 0 Å². The molecule has 0 spiro atoms. The van der Waals surface area contributed by atoms with Crippen LogP contribution in [0, 0.1) is 10.1 Å². The first-order valence-electron chi connectivity index (χ1n) is 8.56. The van der Waals surface area contributed by atoms with Crippen LogP contribution in [0.1, 0.15) is 39.1 Å². The number of amides is 2. The highest BCUT2D eigenvalue weighted by Gasteiger charge is 2.33. The zero-order valence-corrected chi connectivity index (χ0v) is 14.8. The van der Waals surface area contributed by atoms with E-state index in [1.165, 1.54) is 18.2 Å². The lowest BCUT2D eigenvalue weighted by molar-refractivity contribution is -0.383. The number of hydrogen-bond donors (Lipinski definition) is 2. The van der Waals surface area contributed by atoms with Crippen molar-refractivity contribution in [2.45, 2.75) is 25.4 Å². The zero-order valence-electron chi connectivity index (χ0n) is 14.8. The molecule has 3 rings (SSSR count). The monoisotopic (exact) mass is 368 g/mol. The van der Waals surface area contributed by atoms with Crippen LogP contribution in [0.5, 0.6) is 0 Å². The number of benzene rings is 2. The van der Waals surface area contributed by atoms with E-state index in [0.717, 1.165) is 18.4 Å². The number of nitrogens with zero attached hydrogens (tertiary/aromatic N) is 2. The van der Waals surface area contributed by atoms with Crippen LogP contribution in [0.3, 0.4) is 0 Å². The van der Waals surface area contributed by atoms with Gasteiger partial charge < -0.3 is 16.0 Å². The number of nitrogen functional groups attached to an aromatic ring is 1. The van der Waals surface area contributed by atoms with Crippen molar-refractivity contribution in [2.24, 2.45) is 0 Å². The van der Waals surface area contributed by atoms with Crippen molar-refractivity contribution < 1.29 is 14.5 Å². The average Bonchev–Trinajstić information content (AvgIpc) is 3.50. The van der Waals surface area contributed by atoms with Gasteiger partial charge in [-0.25, -0.2) is 0 Å². The average molecular weight is 368 g/mol. The maximum absolute atomic E-state index is 12.9. The van der Waals surface area contributed by atoms with Crippen molar-refractivity contribution in [1.82, 2.24) is 10.2 Å². The highest BCUT2D eigenvalue weighted by atomic mass is 16.6. The molecule has 140 valence electrons. The van der Waals surface area contributed by atoms with Crippen LogP contribution >= 0.6 is 0 Å². The fraction of sp³-hybridized carbons (Fsp3) is 0.263. The van der Waals surface area contributed by atoms with Crippen molar-refractivity contribution in [3.05, 3.63) is 69.3 Å². The van der Waals surface area contributed by atoms with Crippen LogP contribution in [-0.4, -0.2) is 34.7 Å². The van der Waals surface area contributed by atoms with Gasteiger partial charge in [0.1, 0.15) is 5.69 Å². The quantitative estimate of drug-likeness (QED) is 0.461. The Kier molecular flexibility index (Phi) is 5.07. The molecule has 0 bridgehead atoms. The lowest BCUT2D eigenvalue weighted by Gasteiger charge is -2.23. The Morgan fingerprint density at radius 3 is 2.37 bits per heavy atom. The zero-order chi connectivity index (χ0) is 19.6. The summed E-state index contributed by atoms with van der Waals surface area (Å²) >= 11 is 0. The van der Waals surface area contributed by atoms with E-state index in [9.17, 15) is 19.7 Å². The molecule has 2 amide bonds. The van der Waals surface area contributed by atoms with Crippen LogP contribution in [0.15, 0.2) is 42.5 Å². The second-order valence-electron chi connectivity index (χ2n) is 6.47. The van der Waals surface area contributed by atoms with Gasteiger partial charge >= 0.3 is 0 Å². The molecule has 8 heteroatoms. The van der Waals surface area contributed by atoms with Crippen molar-refractivity contribution in [1.29, 1.82) is 0 Å². The number of nitrogens with two attached hydrogens (primary N) is 1. The minimum absolute atomic E-state index is 0.0271. The van der Waals surface area contributed by atoms with E-state index in [2.05, 4.69) is 5.32 Å². The van der Waals surface area contributed by atoms with Crippen molar-refractivity contribution in [2.75, 3.05) is 12.8 Å². The second-order valence-corrected chi connectivity index (χ2v) is 6.47. The van der Waals surface area contributed by atoms with E-state index < -0.39 is 4.92 Å². The molecular weight excluding hydrogens is 348 g/mol. The number of nitro benzene ring substituents is 1. The van der Waals surface area contributed by atoms with E-state index >= 15 is 0 Å². The Hall–Kier alpha value is -3.42. The maximum Gasteiger partial charge on any atom is 0.292 e. The Labute approximate surface area is 156 Å². The third-order valence-corrected chi connectivity index (χ3v) is 4.52. The third kappa shape index (κ3) is 4.05. The fourth-order valence-corrected chi connectivity index (χ4v) is 2.86. The Morgan fingerprint density at radius 1 is 1.19 bits per heavy atom. The van der Waals surface area contributed by atoms with Gasteiger partial charge in [-0.1, -0.05) is 12.1 Å². The Balaban J connectivity index is 1.82. The molecule has 2 aromatic carbocycles. The molecule has 0 saturated heterocycles. The molecule has 1 aliphatic carbocycles. The van der Waals surface area contributed by atoms with Crippen molar-refractivity contribution >= 4 is 23.2 Å². The number of nitro groups is 1. The molecule has 8 nitrogen and oxygen atoms in total. The van der Waals surface area contributed by atoms with Crippen LogP contribution in [0.2, 0.25) is 0 Å². The second kappa shape index (κ2) is 7.45. The SMILES string of the molecule is CNC(=O)c1ccc(CN(C(=O)c2ccc(N)c([N+](=O)[O-])c2)C2CC2)cc1. The van der Waals surface area contributed by atoms with Gasteiger partial charge in [-0.2, -0.15) is 0 Å². The summed E-state index contributed by atoms with van der Waals surface area (Å²) < 4.78 is 0. The summed E-state index contributed by atoms with van der Waals surface area (Å²) in [6.45, 7) is 0.371. The van der Waals surface area contributed by atoms with Crippen LogP contribution < -0.4 is 11.1 Å². The van der Waals surface area contributed by atoms with E-state index in [4.69, 9.17) is 5.73 Å². The van der Waals surface area contributed by atoms with Gasteiger partial charge in [-0.15, -0.1) is 0 Å². The van der Waals surface area contributed by atoms with Crippen molar-refractivity contribution in [3.8, 4) is 0 Å². The summed E-state index contributed by atoms with van der Waals surface area (Å²) in [4.78, 5) is 36.8. The largest absolute Gasteiger partial charge is 0.393 e. The number of hydrogen-bond acceptors (Lipinski definition) is 5.